The zero-order valence-electron chi connectivity index (χ0n) is 11.7. The maximum atomic E-state index is 12.5. The number of aliphatic hydroxyl groups excluding tert-OH is 1. The molecule has 0 spiro atoms. The lowest BCUT2D eigenvalue weighted by atomic mass is 10.2. The fraction of sp³-hybridized carbons (Fsp3) is 0.357. The number of carbonyl (C=O) groups excluding carboxylic acids is 1. The van der Waals surface area contributed by atoms with Crippen molar-refractivity contribution in [3.63, 3.8) is 0 Å². The average Bonchev–Trinajstić information content (AvgIpc) is 2.96. The predicted molar refractivity (Wildman–Crippen MR) is 73.7 cm³/mol. The zero-order valence-corrected chi connectivity index (χ0v) is 11.7. The summed E-state index contributed by atoms with van der Waals surface area (Å²) in [7, 11) is 1.56. The van der Waals surface area contributed by atoms with Gasteiger partial charge in [-0.1, -0.05) is 0 Å². The van der Waals surface area contributed by atoms with Gasteiger partial charge >= 0.3 is 0 Å². The number of hydrogen-bond acceptors (Lipinski definition) is 5. The highest BCUT2D eigenvalue weighted by molar-refractivity contribution is 5.92. The number of carbonyl (C=O) groups is 1. The maximum absolute atomic E-state index is 12.5. The molecule has 0 aromatic carbocycles. The number of rotatable bonds is 3. The smallest absolute Gasteiger partial charge is 0.273 e. The topological polar surface area (TPSA) is 80.5 Å². The Morgan fingerprint density at radius 3 is 3.05 bits per heavy atom. The van der Waals surface area contributed by atoms with E-state index in [0.717, 1.165) is 5.69 Å². The Bertz CT molecular complexity index is 668. The van der Waals surface area contributed by atoms with Gasteiger partial charge in [-0.3, -0.25) is 14.5 Å². The first-order chi connectivity index (χ1) is 10.2. The van der Waals surface area contributed by atoms with Crippen LogP contribution < -0.4 is 4.74 Å². The van der Waals surface area contributed by atoms with E-state index < -0.39 is 0 Å². The van der Waals surface area contributed by atoms with Crippen molar-refractivity contribution in [2.75, 3.05) is 13.7 Å². The Hall–Kier alpha value is -2.41. The Morgan fingerprint density at radius 2 is 2.29 bits per heavy atom. The number of pyridine rings is 1. The van der Waals surface area contributed by atoms with Crippen LogP contribution in [0.25, 0.3) is 0 Å². The van der Waals surface area contributed by atoms with Crippen LogP contribution in [-0.4, -0.2) is 44.3 Å². The largest absolute Gasteiger partial charge is 0.497 e. The van der Waals surface area contributed by atoms with Crippen molar-refractivity contribution in [1.82, 2.24) is 19.7 Å². The summed E-state index contributed by atoms with van der Waals surface area (Å²) in [6.45, 7) is 1.55. The minimum atomic E-state index is -0.133. The van der Waals surface area contributed by atoms with Gasteiger partial charge in [-0.15, -0.1) is 0 Å². The monoisotopic (exact) mass is 288 g/mol. The predicted octanol–water partition coefficient (Wildman–Crippen LogP) is 0.435. The van der Waals surface area contributed by atoms with Crippen molar-refractivity contribution < 1.29 is 14.6 Å². The lowest BCUT2D eigenvalue weighted by Crippen LogP contribution is -2.38. The first kappa shape index (κ1) is 13.6. The average molecular weight is 288 g/mol. The third kappa shape index (κ3) is 2.59. The summed E-state index contributed by atoms with van der Waals surface area (Å²) >= 11 is 0. The number of hydrogen-bond donors (Lipinski definition) is 1. The third-order valence-electron chi connectivity index (χ3n) is 3.48. The van der Waals surface area contributed by atoms with Gasteiger partial charge in [-0.05, 0) is 12.1 Å². The number of aliphatic hydroxyl groups is 1. The fourth-order valence-corrected chi connectivity index (χ4v) is 2.39. The summed E-state index contributed by atoms with van der Waals surface area (Å²) < 4.78 is 6.94. The summed E-state index contributed by atoms with van der Waals surface area (Å²) in [4.78, 5) is 18.3. The summed E-state index contributed by atoms with van der Waals surface area (Å²) in [5.74, 6) is 0.477. The van der Waals surface area contributed by atoms with Gasteiger partial charge in [0.05, 0.1) is 38.2 Å². The highest BCUT2D eigenvalue weighted by atomic mass is 16.5. The van der Waals surface area contributed by atoms with Crippen LogP contribution in [0.5, 0.6) is 5.75 Å². The number of methoxy groups -OCH3 is 1. The molecule has 1 N–H and O–H groups in total. The first-order valence-electron chi connectivity index (χ1n) is 6.67. The molecule has 0 bridgehead atoms. The van der Waals surface area contributed by atoms with Crippen molar-refractivity contribution in [2.45, 2.75) is 19.7 Å². The second kappa shape index (κ2) is 5.53. The molecule has 21 heavy (non-hydrogen) atoms. The van der Waals surface area contributed by atoms with Crippen LogP contribution in [0.2, 0.25) is 0 Å². The molecule has 2 aromatic heterocycles. The molecule has 0 radical (unpaired) electrons. The third-order valence-corrected chi connectivity index (χ3v) is 3.48. The van der Waals surface area contributed by atoms with Gasteiger partial charge in [-0.2, -0.15) is 5.10 Å². The number of ether oxygens (including phenoxy) is 1. The summed E-state index contributed by atoms with van der Waals surface area (Å²) in [5, 5.41) is 13.4. The Labute approximate surface area is 121 Å². The SMILES string of the molecule is COc1ccnc(C(=O)N2CCn3nc(CO)cc3C2)c1. The highest BCUT2D eigenvalue weighted by Gasteiger charge is 2.24. The maximum Gasteiger partial charge on any atom is 0.273 e. The molecule has 1 aliphatic rings. The van der Waals surface area contributed by atoms with Crippen LogP contribution in [0.3, 0.4) is 0 Å². The van der Waals surface area contributed by atoms with Crippen LogP contribution in [0, 0.1) is 0 Å². The molecule has 0 unspecified atom stereocenters. The van der Waals surface area contributed by atoms with E-state index in [1.165, 1.54) is 0 Å². The van der Waals surface area contributed by atoms with Crippen molar-refractivity contribution in [3.8, 4) is 5.75 Å². The van der Waals surface area contributed by atoms with Crippen LogP contribution in [0.4, 0.5) is 0 Å². The van der Waals surface area contributed by atoms with Crippen molar-refractivity contribution in [1.29, 1.82) is 0 Å². The lowest BCUT2D eigenvalue weighted by molar-refractivity contribution is 0.0699. The fourth-order valence-electron chi connectivity index (χ4n) is 2.39. The first-order valence-corrected chi connectivity index (χ1v) is 6.67. The summed E-state index contributed by atoms with van der Waals surface area (Å²) in [6, 6.07) is 5.15. The van der Waals surface area contributed by atoms with Crippen LogP contribution in [-0.2, 0) is 19.7 Å². The van der Waals surface area contributed by atoms with Crippen LogP contribution in [0.1, 0.15) is 21.9 Å². The van der Waals surface area contributed by atoms with E-state index in [1.54, 1.807) is 30.3 Å². The highest BCUT2D eigenvalue weighted by Crippen LogP contribution is 2.17. The zero-order chi connectivity index (χ0) is 14.8. The molecular formula is C14H16N4O3. The quantitative estimate of drug-likeness (QED) is 0.886. The molecule has 110 valence electrons. The molecule has 0 aliphatic carbocycles. The number of aromatic nitrogens is 3. The Kier molecular flexibility index (Phi) is 3.57. The minimum absolute atomic E-state index is 0.0919. The molecule has 1 aliphatic heterocycles. The van der Waals surface area contributed by atoms with Gasteiger partial charge in [0.15, 0.2) is 0 Å². The number of nitrogens with zero attached hydrogens (tertiary/aromatic N) is 4. The minimum Gasteiger partial charge on any atom is -0.497 e. The van der Waals surface area contributed by atoms with Gasteiger partial charge in [0.1, 0.15) is 11.4 Å². The number of fused-ring (bicyclic) bond motifs is 1. The van der Waals surface area contributed by atoms with Gasteiger partial charge in [0.25, 0.3) is 5.91 Å². The molecule has 7 nitrogen and oxygen atoms in total. The molecule has 2 aromatic rings. The molecule has 3 rings (SSSR count). The lowest BCUT2D eigenvalue weighted by Gasteiger charge is -2.27. The van der Waals surface area contributed by atoms with Crippen molar-refractivity contribution >= 4 is 5.91 Å². The van der Waals surface area contributed by atoms with Gasteiger partial charge in [-0.25, -0.2) is 0 Å². The van der Waals surface area contributed by atoms with Gasteiger partial charge < -0.3 is 14.7 Å². The molecule has 3 heterocycles. The molecule has 1 amide bonds. The van der Waals surface area contributed by atoms with Crippen LogP contribution in [0.15, 0.2) is 24.4 Å². The normalized spacial score (nSPS) is 13.9. The summed E-state index contributed by atoms with van der Waals surface area (Å²) in [5.41, 5.74) is 1.91. The molecule has 0 saturated carbocycles. The van der Waals surface area contributed by atoms with E-state index in [1.807, 2.05) is 10.7 Å². The number of amides is 1. The molecule has 0 saturated heterocycles. The van der Waals surface area contributed by atoms with Crippen molar-refractivity contribution in [2.24, 2.45) is 0 Å². The van der Waals surface area contributed by atoms with E-state index in [2.05, 4.69) is 10.1 Å². The Balaban J connectivity index is 1.80. The Morgan fingerprint density at radius 1 is 1.43 bits per heavy atom. The van der Waals surface area contributed by atoms with E-state index >= 15 is 0 Å². The second-order valence-corrected chi connectivity index (χ2v) is 4.82. The second-order valence-electron chi connectivity index (χ2n) is 4.82. The van der Waals surface area contributed by atoms with E-state index in [-0.39, 0.29) is 12.5 Å². The van der Waals surface area contributed by atoms with Crippen molar-refractivity contribution in [3.05, 3.63) is 41.5 Å². The molecule has 0 fully saturated rings. The van der Waals surface area contributed by atoms with Gasteiger partial charge in [0.2, 0.25) is 0 Å². The van der Waals surface area contributed by atoms with E-state index in [4.69, 9.17) is 9.84 Å². The van der Waals surface area contributed by atoms with E-state index in [0.29, 0.717) is 36.8 Å². The standard InChI is InChI=1S/C14H16N4O3/c1-21-12-2-3-15-13(7-12)14(20)17-4-5-18-11(8-17)6-10(9-19)16-18/h2-3,6-7,19H,4-5,8-9H2,1H3. The van der Waals surface area contributed by atoms with Gasteiger partial charge in [0, 0.05) is 18.8 Å². The molecule has 0 atom stereocenters. The van der Waals surface area contributed by atoms with E-state index in [9.17, 15) is 4.79 Å². The molecule has 7 heteroatoms. The molecular weight excluding hydrogens is 272 g/mol. The summed E-state index contributed by atoms with van der Waals surface area (Å²) in [6.07, 6.45) is 1.56. The van der Waals surface area contributed by atoms with Crippen LogP contribution >= 0.6 is 0 Å².